The van der Waals surface area contributed by atoms with Crippen LogP contribution in [0.15, 0.2) is 18.2 Å². The molecule has 1 aromatic heterocycles. The Hall–Kier alpha value is -0.840. The molecule has 0 fully saturated rings. The van der Waals surface area contributed by atoms with Crippen LogP contribution in [0.4, 0.5) is 5.13 Å². The van der Waals surface area contributed by atoms with Gasteiger partial charge in [0.1, 0.15) is 5.52 Å². The van der Waals surface area contributed by atoms with E-state index in [0.29, 0.717) is 11.6 Å². The summed E-state index contributed by atoms with van der Waals surface area (Å²) in [6.07, 6.45) is 0. The van der Waals surface area contributed by atoms with Crippen LogP contribution in [0.5, 0.6) is 0 Å². The Balaban J connectivity index is 2.35. The van der Waals surface area contributed by atoms with Gasteiger partial charge in [0.15, 0.2) is 5.13 Å². The van der Waals surface area contributed by atoms with Gasteiger partial charge in [0, 0.05) is 12.6 Å². The molecule has 1 atom stereocenters. The van der Waals surface area contributed by atoms with Crippen LogP contribution < -0.4 is 11.1 Å². The van der Waals surface area contributed by atoms with Crippen molar-refractivity contribution in [3.8, 4) is 0 Å². The number of nitrogens with zero attached hydrogens (tertiary/aromatic N) is 1. The van der Waals surface area contributed by atoms with E-state index in [1.165, 1.54) is 0 Å². The molecule has 0 bridgehead atoms. The normalized spacial score (nSPS) is 13.0. The number of hydrogen-bond acceptors (Lipinski definition) is 4. The second-order valence-corrected chi connectivity index (χ2v) is 4.82. The number of anilines is 1. The van der Waals surface area contributed by atoms with Gasteiger partial charge in [0.05, 0.1) is 9.72 Å². The van der Waals surface area contributed by atoms with Gasteiger partial charge >= 0.3 is 0 Å². The summed E-state index contributed by atoms with van der Waals surface area (Å²) in [6, 6.07) is 6.01. The van der Waals surface area contributed by atoms with Crippen molar-refractivity contribution in [1.29, 1.82) is 0 Å². The van der Waals surface area contributed by atoms with Gasteiger partial charge in [-0.1, -0.05) is 29.0 Å². The quantitative estimate of drug-likeness (QED) is 0.869. The lowest BCUT2D eigenvalue weighted by atomic mass is 10.3. The lowest BCUT2D eigenvalue weighted by Gasteiger charge is -2.08. The molecule has 0 saturated carbocycles. The molecule has 3 N–H and O–H groups in total. The molecule has 1 heterocycles. The zero-order chi connectivity index (χ0) is 10.8. The molecule has 15 heavy (non-hydrogen) atoms. The van der Waals surface area contributed by atoms with Crippen molar-refractivity contribution in [2.24, 2.45) is 5.73 Å². The monoisotopic (exact) mass is 241 g/mol. The Bertz CT molecular complexity index is 469. The lowest BCUT2D eigenvalue weighted by Crippen LogP contribution is -2.24. The first-order valence-electron chi connectivity index (χ1n) is 4.72. The van der Waals surface area contributed by atoms with Gasteiger partial charge in [-0.15, -0.1) is 0 Å². The fourth-order valence-corrected chi connectivity index (χ4v) is 2.52. The summed E-state index contributed by atoms with van der Waals surface area (Å²) in [6.45, 7) is 2.61. The molecule has 2 aromatic rings. The molecular formula is C10H12ClN3S. The van der Waals surface area contributed by atoms with E-state index in [-0.39, 0.29) is 6.04 Å². The van der Waals surface area contributed by atoms with Crippen molar-refractivity contribution < 1.29 is 0 Å². The van der Waals surface area contributed by atoms with E-state index in [1.807, 2.05) is 25.1 Å². The highest BCUT2D eigenvalue weighted by molar-refractivity contribution is 7.22. The van der Waals surface area contributed by atoms with E-state index in [0.717, 1.165) is 15.3 Å². The number of fused-ring (bicyclic) bond motifs is 1. The van der Waals surface area contributed by atoms with E-state index in [2.05, 4.69) is 10.3 Å². The summed E-state index contributed by atoms with van der Waals surface area (Å²) in [5.41, 5.74) is 6.39. The van der Waals surface area contributed by atoms with Gasteiger partial charge in [-0.2, -0.15) is 0 Å². The molecule has 3 nitrogen and oxygen atoms in total. The predicted octanol–water partition coefficient (Wildman–Crippen LogP) is 2.71. The minimum atomic E-state index is 0.226. The van der Waals surface area contributed by atoms with Gasteiger partial charge in [-0.3, -0.25) is 0 Å². The Kier molecular flexibility index (Phi) is 3.09. The Labute approximate surface area is 97.3 Å². The van der Waals surface area contributed by atoms with Gasteiger partial charge in [-0.25, -0.2) is 4.98 Å². The molecule has 0 aliphatic carbocycles. The van der Waals surface area contributed by atoms with Crippen LogP contribution in [0.25, 0.3) is 10.2 Å². The number of hydrogen-bond donors (Lipinski definition) is 2. The first kappa shape index (κ1) is 10.7. The molecule has 0 aliphatic rings. The van der Waals surface area contributed by atoms with Crippen LogP contribution in [0.2, 0.25) is 5.02 Å². The third kappa shape index (κ3) is 2.22. The zero-order valence-electron chi connectivity index (χ0n) is 8.33. The summed E-state index contributed by atoms with van der Waals surface area (Å²) in [7, 11) is 0. The second kappa shape index (κ2) is 4.35. The van der Waals surface area contributed by atoms with Gasteiger partial charge in [0.2, 0.25) is 0 Å². The second-order valence-electron chi connectivity index (χ2n) is 3.39. The van der Waals surface area contributed by atoms with Crippen LogP contribution in [0.1, 0.15) is 6.92 Å². The first-order chi connectivity index (χ1) is 7.20. The number of nitrogens with one attached hydrogen (secondary N) is 1. The minimum absolute atomic E-state index is 0.226. The van der Waals surface area contributed by atoms with Crippen molar-refractivity contribution in [1.82, 2.24) is 4.98 Å². The fourth-order valence-electron chi connectivity index (χ4n) is 1.25. The molecule has 0 aliphatic heterocycles. The summed E-state index contributed by atoms with van der Waals surface area (Å²) in [4.78, 5) is 4.42. The van der Waals surface area contributed by atoms with Crippen molar-refractivity contribution in [3.05, 3.63) is 23.2 Å². The van der Waals surface area contributed by atoms with Crippen LogP contribution in [-0.2, 0) is 0 Å². The maximum absolute atomic E-state index is 6.03. The van der Waals surface area contributed by atoms with Crippen LogP contribution >= 0.6 is 22.9 Å². The number of rotatable bonds is 3. The van der Waals surface area contributed by atoms with Crippen molar-refractivity contribution in [2.45, 2.75) is 13.0 Å². The molecule has 1 aromatic carbocycles. The van der Waals surface area contributed by atoms with Gasteiger partial charge in [0.25, 0.3) is 0 Å². The maximum atomic E-state index is 6.03. The van der Waals surface area contributed by atoms with Crippen LogP contribution in [0, 0.1) is 0 Å². The predicted molar refractivity (Wildman–Crippen MR) is 66.8 cm³/mol. The molecule has 0 saturated heterocycles. The number of aromatic nitrogens is 1. The van der Waals surface area contributed by atoms with Crippen LogP contribution in [-0.4, -0.2) is 17.6 Å². The Morgan fingerprint density at radius 1 is 1.60 bits per heavy atom. The van der Waals surface area contributed by atoms with Crippen LogP contribution in [0.3, 0.4) is 0 Å². The SMILES string of the molecule is CC(CN)Nc1nc2c(Cl)cccc2s1. The summed E-state index contributed by atoms with van der Waals surface area (Å²) in [5, 5.41) is 4.80. The minimum Gasteiger partial charge on any atom is -0.358 e. The van der Waals surface area contributed by atoms with E-state index in [9.17, 15) is 0 Å². The molecule has 2 rings (SSSR count). The standard InChI is InChI=1S/C10H12ClN3S/c1-6(5-12)13-10-14-9-7(11)3-2-4-8(9)15-10/h2-4,6H,5,12H2,1H3,(H,13,14). The Morgan fingerprint density at radius 2 is 2.40 bits per heavy atom. The zero-order valence-corrected chi connectivity index (χ0v) is 9.90. The molecule has 80 valence electrons. The number of nitrogens with two attached hydrogens (primary N) is 1. The highest BCUT2D eigenvalue weighted by Gasteiger charge is 2.07. The van der Waals surface area contributed by atoms with Crippen molar-refractivity contribution in [3.63, 3.8) is 0 Å². The van der Waals surface area contributed by atoms with Gasteiger partial charge < -0.3 is 11.1 Å². The van der Waals surface area contributed by atoms with Gasteiger partial charge in [-0.05, 0) is 19.1 Å². The molecule has 0 spiro atoms. The highest BCUT2D eigenvalue weighted by Crippen LogP contribution is 2.30. The third-order valence-corrected chi connectivity index (χ3v) is 3.35. The Morgan fingerprint density at radius 3 is 3.07 bits per heavy atom. The largest absolute Gasteiger partial charge is 0.358 e. The number of thiazole rings is 1. The lowest BCUT2D eigenvalue weighted by molar-refractivity contribution is 0.803. The van der Waals surface area contributed by atoms with E-state index in [4.69, 9.17) is 17.3 Å². The van der Waals surface area contributed by atoms with Crippen molar-refractivity contribution in [2.75, 3.05) is 11.9 Å². The average molecular weight is 242 g/mol. The van der Waals surface area contributed by atoms with E-state index >= 15 is 0 Å². The fraction of sp³-hybridized carbons (Fsp3) is 0.300. The average Bonchev–Trinajstić information content (AvgIpc) is 2.62. The molecule has 1 unspecified atom stereocenters. The molecular weight excluding hydrogens is 230 g/mol. The molecule has 0 radical (unpaired) electrons. The first-order valence-corrected chi connectivity index (χ1v) is 5.92. The van der Waals surface area contributed by atoms with E-state index < -0.39 is 0 Å². The summed E-state index contributed by atoms with van der Waals surface area (Å²) < 4.78 is 1.09. The number of benzene rings is 1. The molecule has 0 amide bonds. The number of para-hydroxylation sites is 1. The van der Waals surface area contributed by atoms with E-state index in [1.54, 1.807) is 11.3 Å². The summed E-state index contributed by atoms with van der Waals surface area (Å²) in [5.74, 6) is 0. The topological polar surface area (TPSA) is 50.9 Å². The third-order valence-electron chi connectivity index (χ3n) is 2.09. The molecule has 5 heteroatoms. The maximum Gasteiger partial charge on any atom is 0.184 e. The smallest absolute Gasteiger partial charge is 0.184 e. The van der Waals surface area contributed by atoms with Crippen molar-refractivity contribution >= 4 is 38.3 Å². The number of halogens is 1. The summed E-state index contributed by atoms with van der Waals surface area (Å²) >= 11 is 7.63. The highest BCUT2D eigenvalue weighted by atomic mass is 35.5.